The van der Waals surface area contributed by atoms with Crippen LogP contribution < -0.4 is 0 Å². The van der Waals surface area contributed by atoms with Gasteiger partial charge < -0.3 is 63.9 Å². The Morgan fingerprint density at radius 3 is 2.40 bits per heavy atom. The molecule has 3 heterocycles. The number of methoxy groups -OCH3 is 1. The molecule has 4 aliphatic carbocycles. The van der Waals surface area contributed by atoms with Crippen molar-refractivity contribution in [2.75, 3.05) is 20.3 Å². The summed E-state index contributed by atoms with van der Waals surface area (Å²) in [7, 11) is 1.51. The molecular formula is C36H54O14. The zero-order chi connectivity index (χ0) is 35.8. The number of fused-ring (bicyclic) bond motifs is 5. The van der Waals surface area contributed by atoms with Gasteiger partial charge in [-0.1, -0.05) is 6.92 Å². The summed E-state index contributed by atoms with van der Waals surface area (Å²) < 4.78 is 35.2. The average molecular weight is 711 g/mol. The Morgan fingerprint density at radius 1 is 0.960 bits per heavy atom. The topological polar surface area (TPSA) is 211 Å². The third-order valence-corrected chi connectivity index (χ3v) is 14.2. The fourth-order valence-corrected chi connectivity index (χ4v) is 11.5. The lowest BCUT2D eigenvalue weighted by Crippen LogP contribution is -2.69. The molecule has 0 radical (unpaired) electrons. The minimum Gasteiger partial charge on any atom is -0.458 e. The Balaban J connectivity index is 1.01. The number of carbonyl (C=O) groups excluding carboxylic acids is 2. The lowest BCUT2D eigenvalue weighted by atomic mass is 9.41. The van der Waals surface area contributed by atoms with Crippen molar-refractivity contribution in [2.24, 2.45) is 28.6 Å². The Hall–Kier alpha value is -1.56. The van der Waals surface area contributed by atoms with Crippen molar-refractivity contribution in [1.82, 2.24) is 0 Å². The maximum Gasteiger partial charge on any atom is 0.331 e. The van der Waals surface area contributed by atoms with Crippen molar-refractivity contribution < 1.29 is 68.6 Å². The molecule has 0 aromatic carbocycles. The third kappa shape index (κ3) is 5.55. The number of cyclic esters (lactones) is 1. The van der Waals surface area contributed by atoms with E-state index in [-0.39, 0.29) is 43.2 Å². The van der Waals surface area contributed by atoms with Gasteiger partial charge in [0.2, 0.25) is 0 Å². The van der Waals surface area contributed by atoms with Crippen LogP contribution in [-0.4, -0.2) is 136 Å². The molecule has 17 atom stereocenters. The van der Waals surface area contributed by atoms with Crippen LogP contribution in [0.4, 0.5) is 0 Å². The highest BCUT2D eigenvalue weighted by atomic mass is 16.7. The second kappa shape index (κ2) is 13.4. The number of hydrogen-bond acceptors (Lipinski definition) is 14. The SMILES string of the molecule is CO[C@H]1C[C@H](O[C@H]2CC[C@]3(C=O)C4CC[C@]5(C)[C@@H](C6=CC(=O)OC6)CC[C@]5(O)C4CC[C@]3(O)C2)O[C@H](C)[C@H]1O[C@@H]1O[C@H](CO)[C@@H](O)[C@@H](O)[C@H]1O. The molecule has 0 aromatic heterocycles. The second-order valence-corrected chi connectivity index (χ2v) is 16.3. The summed E-state index contributed by atoms with van der Waals surface area (Å²) in [6.45, 7) is 3.57. The number of hydrogen-bond donors (Lipinski definition) is 6. The van der Waals surface area contributed by atoms with E-state index in [1.165, 1.54) is 7.11 Å². The van der Waals surface area contributed by atoms with Crippen LogP contribution in [-0.2, 0) is 38.0 Å². The molecule has 0 amide bonds. The molecule has 6 N–H and O–H groups in total. The van der Waals surface area contributed by atoms with Crippen molar-refractivity contribution in [3.8, 4) is 0 Å². The van der Waals surface area contributed by atoms with E-state index < -0.39 is 90.1 Å². The van der Waals surface area contributed by atoms with Gasteiger partial charge in [0.05, 0.1) is 41.5 Å². The van der Waals surface area contributed by atoms with E-state index in [2.05, 4.69) is 6.92 Å². The first-order valence-corrected chi connectivity index (χ1v) is 18.3. The molecule has 3 aliphatic heterocycles. The van der Waals surface area contributed by atoms with Crippen LogP contribution in [0.1, 0.15) is 78.1 Å². The number of esters is 1. The summed E-state index contributed by atoms with van der Waals surface area (Å²) in [5.74, 6) is -0.635. The molecule has 50 heavy (non-hydrogen) atoms. The summed E-state index contributed by atoms with van der Waals surface area (Å²) in [5.41, 5.74) is -2.86. The number of aliphatic hydroxyl groups excluding tert-OH is 4. The van der Waals surface area contributed by atoms with Gasteiger partial charge in [0.25, 0.3) is 0 Å². The van der Waals surface area contributed by atoms with Gasteiger partial charge in [0.1, 0.15) is 43.4 Å². The number of carbonyl (C=O) groups is 2. The van der Waals surface area contributed by atoms with Crippen LogP contribution in [0.3, 0.4) is 0 Å². The molecular weight excluding hydrogens is 656 g/mol. The lowest BCUT2D eigenvalue weighted by Gasteiger charge is -2.65. The number of rotatable bonds is 8. The minimum atomic E-state index is -1.58. The van der Waals surface area contributed by atoms with Crippen LogP contribution in [0.15, 0.2) is 11.6 Å². The molecule has 0 bridgehead atoms. The quantitative estimate of drug-likeness (QED) is 0.113. The smallest absolute Gasteiger partial charge is 0.331 e. The molecule has 0 spiro atoms. The first kappa shape index (κ1) is 36.8. The Bertz CT molecular complexity index is 1330. The highest BCUT2D eigenvalue weighted by molar-refractivity contribution is 5.85. The van der Waals surface area contributed by atoms with Gasteiger partial charge in [-0.2, -0.15) is 0 Å². The summed E-state index contributed by atoms with van der Waals surface area (Å²) in [6.07, 6.45) is -2.52. The Kier molecular flexibility index (Phi) is 9.84. The van der Waals surface area contributed by atoms with E-state index in [0.717, 1.165) is 18.3 Å². The average Bonchev–Trinajstić information content (AvgIpc) is 3.64. The second-order valence-electron chi connectivity index (χ2n) is 16.3. The number of aliphatic hydroxyl groups is 6. The third-order valence-electron chi connectivity index (χ3n) is 14.2. The molecule has 0 aromatic rings. The molecule has 4 saturated carbocycles. The number of ether oxygens (including phenoxy) is 6. The van der Waals surface area contributed by atoms with Gasteiger partial charge >= 0.3 is 5.97 Å². The van der Waals surface area contributed by atoms with Gasteiger partial charge in [0, 0.05) is 31.4 Å². The van der Waals surface area contributed by atoms with Crippen LogP contribution in [0.2, 0.25) is 0 Å². The van der Waals surface area contributed by atoms with E-state index >= 15 is 0 Å². The van der Waals surface area contributed by atoms with E-state index in [4.69, 9.17) is 28.4 Å². The predicted octanol–water partition coefficient (Wildman–Crippen LogP) is 0.258. The Morgan fingerprint density at radius 2 is 1.72 bits per heavy atom. The van der Waals surface area contributed by atoms with Gasteiger partial charge in [-0.25, -0.2) is 4.79 Å². The van der Waals surface area contributed by atoms with Gasteiger partial charge in [0.15, 0.2) is 12.6 Å². The monoisotopic (exact) mass is 710 g/mol. The normalized spacial score (nSPS) is 53.5. The zero-order valence-electron chi connectivity index (χ0n) is 29.1. The van der Waals surface area contributed by atoms with Crippen molar-refractivity contribution in [3.63, 3.8) is 0 Å². The van der Waals surface area contributed by atoms with Gasteiger partial charge in [-0.3, -0.25) is 0 Å². The number of aldehydes is 1. The molecule has 7 rings (SSSR count). The van der Waals surface area contributed by atoms with Crippen molar-refractivity contribution >= 4 is 12.3 Å². The minimum absolute atomic E-state index is 0.0352. The molecule has 14 nitrogen and oxygen atoms in total. The molecule has 2 saturated heterocycles. The largest absolute Gasteiger partial charge is 0.458 e. The van der Waals surface area contributed by atoms with Crippen LogP contribution >= 0.6 is 0 Å². The molecule has 282 valence electrons. The first-order valence-electron chi connectivity index (χ1n) is 18.3. The van der Waals surface area contributed by atoms with Gasteiger partial charge in [-0.05, 0) is 81.6 Å². The van der Waals surface area contributed by atoms with E-state index in [1.54, 1.807) is 13.0 Å². The lowest BCUT2D eigenvalue weighted by molar-refractivity contribution is -0.346. The standard InChI is InChI=1S/C36H54O14/c1-18-31(50-32-30(42)29(41)28(40)25(15-37)49-32)24(45-3)13-27(47-18)48-20-4-9-34(17-38)22-5-8-33(2)21(19-12-26(39)46-16-19)7-11-36(33,44)23(22)6-10-35(34,43)14-20/h12,17-18,20-25,27-32,37,40-44H,4-11,13-16H2,1-3H3/t18-,20+,21-,22?,23?,24+,25-,27+,28-,29-,30-,31-,32+,33-,34+,35+,36+/m1/s1. The van der Waals surface area contributed by atoms with E-state index in [9.17, 15) is 40.2 Å². The molecule has 7 aliphatic rings. The summed E-state index contributed by atoms with van der Waals surface area (Å²) in [6, 6.07) is 0. The fourth-order valence-electron chi connectivity index (χ4n) is 11.5. The van der Waals surface area contributed by atoms with Crippen molar-refractivity contribution in [2.45, 2.75) is 151 Å². The highest BCUT2D eigenvalue weighted by Gasteiger charge is 2.71. The van der Waals surface area contributed by atoms with E-state index in [0.29, 0.717) is 44.9 Å². The van der Waals surface area contributed by atoms with Crippen molar-refractivity contribution in [1.29, 1.82) is 0 Å². The van der Waals surface area contributed by atoms with Gasteiger partial charge in [-0.15, -0.1) is 0 Å². The predicted molar refractivity (Wildman–Crippen MR) is 171 cm³/mol. The summed E-state index contributed by atoms with van der Waals surface area (Å²) in [5, 5.41) is 65.3. The maximum atomic E-state index is 13.2. The zero-order valence-corrected chi connectivity index (χ0v) is 29.1. The molecule has 2 unspecified atom stereocenters. The molecule has 14 heteroatoms. The highest BCUT2D eigenvalue weighted by Crippen LogP contribution is 2.70. The van der Waals surface area contributed by atoms with Crippen LogP contribution in [0.5, 0.6) is 0 Å². The van der Waals surface area contributed by atoms with Crippen LogP contribution in [0.25, 0.3) is 0 Å². The summed E-state index contributed by atoms with van der Waals surface area (Å²) >= 11 is 0. The maximum absolute atomic E-state index is 13.2. The van der Waals surface area contributed by atoms with Crippen molar-refractivity contribution in [3.05, 3.63) is 11.6 Å². The van der Waals surface area contributed by atoms with E-state index in [1.807, 2.05) is 0 Å². The summed E-state index contributed by atoms with van der Waals surface area (Å²) in [4.78, 5) is 25.1. The molecule has 6 fully saturated rings. The fraction of sp³-hybridized carbons (Fsp3) is 0.889. The first-order chi connectivity index (χ1) is 23.7. The van der Waals surface area contributed by atoms with Crippen LogP contribution in [0, 0.1) is 28.6 Å². The Labute approximate surface area is 292 Å².